The van der Waals surface area contributed by atoms with Gasteiger partial charge in [0.25, 0.3) is 0 Å². The van der Waals surface area contributed by atoms with Crippen LogP contribution in [0.1, 0.15) is 5.56 Å². The Kier molecular flexibility index (Phi) is 4.75. The van der Waals surface area contributed by atoms with Gasteiger partial charge in [0.05, 0.1) is 17.0 Å². The van der Waals surface area contributed by atoms with Crippen molar-refractivity contribution in [3.63, 3.8) is 0 Å². The fraction of sp³-hybridized carbons (Fsp3) is 0.0667. The van der Waals surface area contributed by atoms with E-state index in [2.05, 4.69) is 5.32 Å². The standard InChI is InChI=1S/C15H11FN2OS/c16-12-6-7-14(11(8-12)9-17)18-15(19)10-20-13-4-2-1-3-5-13/h1-8H,10H2,(H,18,19). The molecule has 0 bridgehead atoms. The van der Waals surface area contributed by atoms with Gasteiger partial charge in [-0.1, -0.05) is 18.2 Å². The summed E-state index contributed by atoms with van der Waals surface area (Å²) < 4.78 is 13.0. The molecule has 0 aliphatic heterocycles. The molecule has 0 aliphatic rings. The summed E-state index contributed by atoms with van der Waals surface area (Å²) >= 11 is 1.40. The number of nitrogens with zero attached hydrogens (tertiary/aromatic N) is 1. The van der Waals surface area contributed by atoms with Gasteiger partial charge < -0.3 is 5.32 Å². The summed E-state index contributed by atoms with van der Waals surface area (Å²) in [5, 5.41) is 11.5. The van der Waals surface area contributed by atoms with Gasteiger partial charge in [-0.05, 0) is 30.3 Å². The maximum atomic E-state index is 13.0. The molecule has 2 rings (SSSR count). The van der Waals surface area contributed by atoms with Gasteiger partial charge in [0.15, 0.2) is 0 Å². The van der Waals surface area contributed by atoms with Gasteiger partial charge in [-0.3, -0.25) is 4.79 Å². The van der Waals surface area contributed by atoms with Gasteiger partial charge in [0.2, 0.25) is 5.91 Å². The predicted molar refractivity (Wildman–Crippen MR) is 76.9 cm³/mol. The highest BCUT2D eigenvalue weighted by atomic mass is 32.2. The van der Waals surface area contributed by atoms with E-state index >= 15 is 0 Å². The first-order chi connectivity index (χ1) is 9.69. The SMILES string of the molecule is N#Cc1cc(F)ccc1NC(=O)CSc1ccccc1. The van der Waals surface area contributed by atoms with E-state index in [4.69, 9.17) is 5.26 Å². The van der Waals surface area contributed by atoms with Crippen molar-refractivity contribution in [2.45, 2.75) is 4.90 Å². The Balaban J connectivity index is 1.97. The minimum absolute atomic E-state index is 0.114. The Bertz CT molecular complexity index is 653. The molecule has 0 saturated carbocycles. The third kappa shape index (κ3) is 3.84. The van der Waals surface area contributed by atoms with Crippen LogP contribution >= 0.6 is 11.8 Å². The highest BCUT2D eigenvalue weighted by Gasteiger charge is 2.08. The zero-order valence-corrected chi connectivity index (χ0v) is 11.3. The van der Waals surface area contributed by atoms with Gasteiger partial charge in [-0.2, -0.15) is 5.26 Å². The Labute approximate surface area is 120 Å². The first-order valence-electron chi connectivity index (χ1n) is 5.86. The number of carbonyl (C=O) groups is 1. The molecule has 5 heteroatoms. The molecule has 2 aromatic carbocycles. The van der Waals surface area contributed by atoms with Crippen LogP contribution in [0.15, 0.2) is 53.4 Å². The topological polar surface area (TPSA) is 52.9 Å². The number of rotatable bonds is 4. The molecule has 0 atom stereocenters. The second-order valence-electron chi connectivity index (χ2n) is 3.95. The van der Waals surface area contributed by atoms with Crippen LogP contribution in [0, 0.1) is 17.1 Å². The molecular formula is C15H11FN2OS. The third-order valence-electron chi connectivity index (χ3n) is 2.49. The Morgan fingerprint density at radius 2 is 2.00 bits per heavy atom. The fourth-order valence-electron chi connectivity index (χ4n) is 1.57. The molecule has 3 nitrogen and oxygen atoms in total. The van der Waals surface area contributed by atoms with Crippen molar-refractivity contribution in [3.8, 4) is 6.07 Å². The Hall–Kier alpha value is -2.32. The van der Waals surface area contributed by atoms with Gasteiger partial charge in [-0.25, -0.2) is 4.39 Å². The minimum atomic E-state index is -0.502. The first kappa shape index (κ1) is 14.1. The van der Waals surface area contributed by atoms with Gasteiger partial charge in [0.1, 0.15) is 11.9 Å². The van der Waals surface area contributed by atoms with Crippen molar-refractivity contribution in [1.29, 1.82) is 5.26 Å². The summed E-state index contributed by atoms with van der Waals surface area (Å²) in [4.78, 5) is 12.8. The van der Waals surface area contributed by atoms with Crippen LogP contribution in [0.4, 0.5) is 10.1 Å². The largest absolute Gasteiger partial charge is 0.324 e. The van der Waals surface area contributed by atoms with Crippen LogP contribution in [0.2, 0.25) is 0 Å². The first-order valence-corrected chi connectivity index (χ1v) is 6.85. The van der Waals surface area contributed by atoms with Crippen LogP contribution in [-0.4, -0.2) is 11.7 Å². The number of nitrogens with one attached hydrogen (secondary N) is 1. The summed E-state index contributed by atoms with van der Waals surface area (Å²) in [6.45, 7) is 0. The zero-order valence-electron chi connectivity index (χ0n) is 10.5. The molecule has 2 aromatic rings. The van der Waals surface area contributed by atoms with Crippen LogP contribution in [0.5, 0.6) is 0 Å². The van der Waals surface area contributed by atoms with Crippen molar-refractivity contribution in [2.75, 3.05) is 11.1 Å². The van der Waals surface area contributed by atoms with Crippen LogP contribution in [-0.2, 0) is 4.79 Å². The third-order valence-corrected chi connectivity index (χ3v) is 3.50. The van der Waals surface area contributed by atoms with Crippen LogP contribution in [0.25, 0.3) is 0 Å². The Morgan fingerprint density at radius 1 is 1.25 bits per heavy atom. The molecule has 0 heterocycles. The summed E-state index contributed by atoms with van der Waals surface area (Å²) in [6.07, 6.45) is 0. The highest BCUT2D eigenvalue weighted by molar-refractivity contribution is 8.00. The van der Waals surface area contributed by atoms with Crippen molar-refractivity contribution >= 4 is 23.4 Å². The smallest absolute Gasteiger partial charge is 0.234 e. The molecule has 1 N–H and O–H groups in total. The molecule has 0 spiro atoms. The predicted octanol–water partition coefficient (Wildman–Crippen LogP) is 3.43. The van der Waals surface area contributed by atoms with Crippen LogP contribution < -0.4 is 5.32 Å². The van der Waals surface area contributed by atoms with Crippen molar-refractivity contribution in [3.05, 3.63) is 59.9 Å². The fourth-order valence-corrected chi connectivity index (χ4v) is 2.29. The molecule has 0 aliphatic carbocycles. The number of nitriles is 1. The number of hydrogen-bond acceptors (Lipinski definition) is 3. The van der Waals surface area contributed by atoms with Crippen molar-refractivity contribution in [2.24, 2.45) is 0 Å². The molecule has 20 heavy (non-hydrogen) atoms. The summed E-state index contributed by atoms with van der Waals surface area (Å²) in [6, 6.07) is 15.1. The molecule has 100 valence electrons. The van der Waals surface area contributed by atoms with E-state index < -0.39 is 5.82 Å². The normalized spacial score (nSPS) is 9.80. The maximum Gasteiger partial charge on any atom is 0.234 e. The van der Waals surface area contributed by atoms with Gasteiger partial charge >= 0.3 is 0 Å². The molecular weight excluding hydrogens is 275 g/mol. The second kappa shape index (κ2) is 6.73. The molecule has 0 aromatic heterocycles. The lowest BCUT2D eigenvalue weighted by Crippen LogP contribution is -2.15. The lowest BCUT2D eigenvalue weighted by Gasteiger charge is -2.07. The molecule has 1 amide bonds. The van der Waals surface area contributed by atoms with Crippen molar-refractivity contribution < 1.29 is 9.18 Å². The lowest BCUT2D eigenvalue weighted by atomic mass is 10.2. The maximum absolute atomic E-state index is 13.0. The van der Waals surface area contributed by atoms with E-state index in [1.54, 1.807) is 0 Å². The quantitative estimate of drug-likeness (QED) is 0.876. The number of halogens is 1. The number of anilines is 1. The van der Waals surface area contributed by atoms with E-state index in [0.29, 0.717) is 5.69 Å². The molecule has 0 saturated heterocycles. The minimum Gasteiger partial charge on any atom is -0.324 e. The van der Waals surface area contributed by atoms with E-state index in [1.165, 1.54) is 23.9 Å². The van der Waals surface area contributed by atoms with Gasteiger partial charge in [0, 0.05) is 4.90 Å². The number of hydrogen-bond donors (Lipinski definition) is 1. The number of carbonyl (C=O) groups excluding carboxylic acids is 1. The second-order valence-corrected chi connectivity index (χ2v) is 5.00. The van der Waals surface area contributed by atoms with E-state index in [1.807, 2.05) is 36.4 Å². The molecule has 0 radical (unpaired) electrons. The van der Waals surface area contributed by atoms with E-state index in [9.17, 15) is 9.18 Å². The lowest BCUT2D eigenvalue weighted by molar-refractivity contribution is -0.113. The van der Waals surface area contributed by atoms with E-state index in [0.717, 1.165) is 11.0 Å². The van der Waals surface area contributed by atoms with Crippen molar-refractivity contribution in [1.82, 2.24) is 0 Å². The monoisotopic (exact) mass is 286 g/mol. The summed E-state index contributed by atoms with van der Waals surface area (Å²) in [5.74, 6) is -0.508. The average Bonchev–Trinajstić information content (AvgIpc) is 2.48. The summed E-state index contributed by atoms with van der Waals surface area (Å²) in [7, 11) is 0. The van der Waals surface area contributed by atoms with E-state index in [-0.39, 0.29) is 17.2 Å². The molecule has 0 unspecified atom stereocenters. The number of thioether (sulfide) groups is 1. The highest BCUT2D eigenvalue weighted by Crippen LogP contribution is 2.19. The number of benzene rings is 2. The summed E-state index contributed by atoms with van der Waals surface area (Å²) in [5.41, 5.74) is 0.440. The number of amides is 1. The zero-order chi connectivity index (χ0) is 14.4. The molecule has 0 fully saturated rings. The van der Waals surface area contributed by atoms with Gasteiger partial charge in [-0.15, -0.1) is 11.8 Å². The van der Waals surface area contributed by atoms with Crippen LogP contribution in [0.3, 0.4) is 0 Å². The Morgan fingerprint density at radius 3 is 2.70 bits per heavy atom. The average molecular weight is 286 g/mol.